The van der Waals surface area contributed by atoms with Crippen LogP contribution in [0.4, 0.5) is 5.69 Å². The molecular formula is C15H15NOS. The highest BCUT2D eigenvalue weighted by atomic mass is 32.2. The van der Waals surface area contributed by atoms with Gasteiger partial charge in [-0.1, -0.05) is 42.1 Å². The molecule has 2 nitrogen and oxygen atoms in total. The number of anilines is 1. The number of nitrogens with zero attached hydrogens (tertiary/aromatic N) is 1. The number of benzene rings is 2. The number of aromatic hydroxyl groups is 1. The minimum atomic E-state index is 0.343. The van der Waals surface area contributed by atoms with Gasteiger partial charge >= 0.3 is 0 Å². The zero-order valence-corrected chi connectivity index (χ0v) is 11.0. The molecule has 0 aliphatic carbocycles. The Bertz CT molecular complexity index is 556. The summed E-state index contributed by atoms with van der Waals surface area (Å²) in [5.41, 5.74) is 2.53. The molecule has 0 radical (unpaired) electrons. The van der Waals surface area contributed by atoms with E-state index in [1.807, 2.05) is 18.2 Å². The van der Waals surface area contributed by atoms with E-state index in [1.165, 1.54) is 16.1 Å². The summed E-state index contributed by atoms with van der Waals surface area (Å²) in [6, 6.07) is 16.1. The first-order chi connectivity index (χ1) is 8.74. The highest BCUT2D eigenvalue weighted by molar-refractivity contribution is 8.00. The van der Waals surface area contributed by atoms with E-state index in [0.29, 0.717) is 11.1 Å². The Kier molecular flexibility index (Phi) is 2.92. The second kappa shape index (κ2) is 4.58. The van der Waals surface area contributed by atoms with Crippen LogP contribution < -0.4 is 4.90 Å². The van der Waals surface area contributed by atoms with Gasteiger partial charge in [0.15, 0.2) is 0 Å². The fourth-order valence-corrected chi connectivity index (χ4v) is 3.45. The summed E-state index contributed by atoms with van der Waals surface area (Å²) in [5, 5.41) is 9.93. The lowest BCUT2D eigenvalue weighted by molar-refractivity contribution is 0.474. The van der Waals surface area contributed by atoms with E-state index in [9.17, 15) is 5.11 Å². The summed E-state index contributed by atoms with van der Waals surface area (Å²) in [6.45, 7) is 3.11. The van der Waals surface area contributed by atoms with E-state index < -0.39 is 0 Å². The maximum Gasteiger partial charge on any atom is 0.116 e. The van der Waals surface area contributed by atoms with Crippen molar-refractivity contribution in [2.75, 3.05) is 4.90 Å². The Morgan fingerprint density at radius 3 is 2.72 bits per heavy atom. The van der Waals surface area contributed by atoms with Gasteiger partial charge in [-0.25, -0.2) is 0 Å². The fourth-order valence-electron chi connectivity index (χ4n) is 2.27. The lowest BCUT2D eigenvalue weighted by Gasteiger charge is -2.23. The SMILES string of the molecule is CC1Sc2cc(O)ccc2N1Cc1ccccc1. The van der Waals surface area contributed by atoms with E-state index in [0.717, 1.165) is 6.54 Å². The predicted molar refractivity (Wildman–Crippen MR) is 76.1 cm³/mol. The molecule has 0 spiro atoms. The number of hydrogen-bond acceptors (Lipinski definition) is 3. The fraction of sp³-hybridized carbons (Fsp3) is 0.200. The molecule has 1 N–H and O–H groups in total. The molecule has 0 amide bonds. The van der Waals surface area contributed by atoms with E-state index in [2.05, 4.69) is 36.1 Å². The molecule has 18 heavy (non-hydrogen) atoms. The zero-order chi connectivity index (χ0) is 12.5. The smallest absolute Gasteiger partial charge is 0.116 e. The van der Waals surface area contributed by atoms with Crippen LogP contribution in [0.3, 0.4) is 0 Å². The van der Waals surface area contributed by atoms with Crippen LogP contribution in [0.15, 0.2) is 53.4 Å². The van der Waals surface area contributed by atoms with Crippen molar-refractivity contribution in [2.24, 2.45) is 0 Å². The standard InChI is InChI=1S/C15H15NOS/c1-11-16(10-12-5-3-2-4-6-12)14-8-7-13(17)9-15(14)18-11/h2-9,11,17H,10H2,1H3. The molecule has 2 aromatic rings. The van der Waals surface area contributed by atoms with Crippen LogP contribution in [0, 0.1) is 0 Å². The van der Waals surface area contributed by atoms with Crippen LogP contribution >= 0.6 is 11.8 Å². The van der Waals surface area contributed by atoms with Gasteiger partial charge in [0.25, 0.3) is 0 Å². The molecule has 0 fully saturated rings. The maximum atomic E-state index is 9.53. The summed E-state index contributed by atoms with van der Waals surface area (Å²) >= 11 is 1.80. The summed E-state index contributed by atoms with van der Waals surface area (Å²) in [6.07, 6.45) is 0. The lowest BCUT2D eigenvalue weighted by Crippen LogP contribution is -2.25. The molecule has 1 heterocycles. The van der Waals surface area contributed by atoms with Crippen LogP contribution in [-0.4, -0.2) is 10.5 Å². The van der Waals surface area contributed by atoms with E-state index in [1.54, 1.807) is 17.8 Å². The summed E-state index contributed by atoms with van der Waals surface area (Å²) in [4.78, 5) is 3.54. The molecule has 92 valence electrons. The first-order valence-electron chi connectivity index (χ1n) is 6.04. The first kappa shape index (κ1) is 11.5. The van der Waals surface area contributed by atoms with Crippen molar-refractivity contribution in [1.82, 2.24) is 0 Å². The number of thioether (sulfide) groups is 1. The van der Waals surface area contributed by atoms with Gasteiger partial charge in [0.1, 0.15) is 5.75 Å². The summed E-state index contributed by atoms with van der Waals surface area (Å²) < 4.78 is 0. The third-order valence-corrected chi connectivity index (χ3v) is 4.36. The third-order valence-electron chi connectivity index (χ3n) is 3.19. The monoisotopic (exact) mass is 257 g/mol. The van der Waals surface area contributed by atoms with Crippen LogP contribution in [0.1, 0.15) is 12.5 Å². The van der Waals surface area contributed by atoms with Crippen molar-refractivity contribution in [3.05, 3.63) is 54.1 Å². The first-order valence-corrected chi connectivity index (χ1v) is 6.92. The third kappa shape index (κ3) is 2.06. The summed E-state index contributed by atoms with van der Waals surface area (Å²) in [7, 11) is 0. The molecule has 1 atom stereocenters. The molecule has 2 aromatic carbocycles. The molecule has 0 aromatic heterocycles. The molecule has 3 heteroatoms. The number of rotatable bonds is 2. The van der Waals surface area contributed by atoms with Crippen molar-refractivity contribution in [3.8, 4) is 5.75 Å². The second-order valence-electron chi connectivity index (χ2n) is 4.48. The Morgan fingerprint density at radius 1 is 1.17 bits per heavy atom. The molecule has 0 saturated heterocycles. The molecule has 3 rings (SSSR count). The Labute approximate surface area is 111 Å². The molecular weight excluding hydrogens is 242 g/mol. The van der Waals surface area contributed by atoms with E-state index in [4.69, 9.17) is 0 Å². The minimum absolute atomic E-state index is 0.343. The van der Waals surface area contributed by atoms with Gasteiger partial charge in [-0.2, -0.15) is 0 Å². The van der Waals surface area contributed by atoms with Gasteiger partial charge in [0, 0.05) is 11.4 Å². The van der Waals surface area contributed by atoms with Crippen molar-refractivity contribution in [1.29, 1.82) is 0 Å². The lowest BCUT2D eigenvalue weighted by atomic mass is 10.2. The van der Waals surface area contributed by atoms with Gasteiger partial charge in [-0.3, -0.25) is 0 Å². The van der Waals surface area contributed by atoms with Gasteiger partial charge in [0.2, 0.25) is 0 Å². The normalized spacial score (nSPS) is 17.8. The molecule has 1 aliphatic heterocycles. The van der Waals surface area contributed by atoms with Crippen LogP contribution in [0.5, 0.6) is 5.75 Å². The Morgan fingerprint density at radius 2 is 1.94 bits per heavy atom. The van der Waals surface area contributed by atoms with Crippen LogP contribution in [0.2, 0.25) is 0 Å². The molecule has 1 unspecified atom stereocenters. The molecule has 0 saturated carbocycles. The van der Waals surface area contributed by atoms with Crippen molar-refractivity contribution in [3.63, 3.8) is 0 Å². The average molecular weight is 257 g/mol. The van der Waals surface area contributed by atoms with Gasteiger partial charge in [-0.15, -0.1) is 0 Å². The number of phenolic OH excluding ortho intramolecular Hbond substituents is 1. The molecule has 1 aliphatic rings. The topological polar surface area (TPSA) is 23.5 Å². The average Bonchev–Trinajstić information content (AvgIpc) is 2.66. The van der Waals surface area contributed by atoms with Gasteiger partial charge < -0.3 is 10.0 Å². The van der Waals surface area contributed by atoms with Crippen LogP contribution in [-0.2, 0) is 6.54 Å². The quantitative estimate of drug-likeness (QED) is 0.884. The highest BCUT2D eigenvalue weighted by Gasteiger charge is 2.26. The van der Waals surface area contributed by atoms with Gasteiger partial charge in [-0.05, 0) is 30.7 Å². The Balaban J connectivity index is 1.90. The minimum Gasteiger partial charge on any atom is -0.508 e. The van der Waals surface area contributed by atoms with E-state index >= 15 is 0 Å². The molecule has 0 bridgehead atoms. The van der Waals surface area contributed by atoms with E-state index in [-0.39, 0.29) is 0 Å². The summed E-state index contributed by atoms with van der Waals surface area (Å²) in [5.74, 6) is 0.343. The Hall–Kier alpha value is -1.61. The van der Waals surface area contributed by atoms with Gasteiger partial charge in [0.05, 0.1) is 11.1 Å². The highest BCUT2D eigenvalue weighted by Crippen LogP contribution is 2.45. The predicted octanol–water partition coefficient (Wildman–Crippen LogP) is 3.85. The van der Waals surface area contributed by atoms with Crippen LogP contribution in [0.25, 0.3) is 0 Å². The van der Waals surface area contributed by atoms with Crippen molar-refractivity contribution < 1.29 is 5.11 Å². The zero-order valence-electron chi connectivity index (χ0n) is 10.2. The largest absolute Gasteiger partial charge is 0.508 e. The number of fused-ring (bicyclic) bond motifs is 1. The number of hydrogen-bond donors (Lipinski definition) is 1. The van der Waals surface area contributed by atoms with Crippen molar-refractivity contribution in [2.45, 2.75) is 23.7 Å². The number of phenols is 1. The second-order valence-corrected chi connectivity index (χ2v) is 5.84. The maximum absolute atomic E-state index is 9.53. The van der Waals surface area contributed by atoms with Crippen molar-refractivity contribution >= 4 is 17.4 Å².